The first-order valence-electron chi connectivity index (χ1n) is 13.3. The maximum absolute atomic E-state index is 14.9. The van der Waals surface area contributed by atoms with Crippen LogP contribution in [0.15, 0.2) is 47.4 Å². The Hall–Kier alpha value is -2.90. The zero-order chi connectivity index (χ0) is 30.9. The minimum absolute atomic E-state index is 0.0695. The molecule has 1 amide bonds. The third kappa shape index (κ3) is 4.55. The first kappa shape index (κ1) is 30.6. The molecule has 2 fully saturated rings. The lowest BCUT2D eigenvalue weighted by molar-refractivity contribution is -0.348. The number of likely N-dealkylation sites (tertiary alicyclic amines) is 1. The third-order valence-corrected chi connectivity index (χ3v) is 11.5. The van der Waals surface area contributed by atoms with Crippen LogP contribution in [0.3, 0.4) is 0 Å². The molecule has 1 saturated heterocycles. The monoisotopic (exact) mass is 625 g/mol. The van der Waals surface area contributed by atoms with Gasteiger partial charge in [-0.2, -0.15) is 26.3 Å². The van der Waals surface area contributed by atoms with Crippen LogP contribution in [-0.4, -0.2) is 51.3 Å². The van der Waals surface area contributed by atoms with Crippen LogP contribution in [-0.2, 0) is 25.0 Å². The summed E-state index contributed by atoms with van der Waals surface area (Å²) in [6, 6.07) is 5.07. The summed E-state index contributed by atoms with van der Waals surface area (Å²) < 4.78 is 142. The van der Waals surface area contributed by atoms with Gasteiger partial charge in [0.25, 0.3) is 0 Å². The molecule has 1 saturated carbocycles. The molecule has 4 atom stereocenters. The molecule has 42 heavy (non-hydrogen) atoms. The maximum Gasteiger partial charge on any atom is 0.435 e. The fraction of sp³-hybridized carbons (Fsp3) is 0.536. The van der Waals surface area contributed by atoms with E-state index in [1.165, 1.54) is 4.90 Å². The van der Waals surface area contributed by atoms with Crippen LogP contribution in [0.2, 0.25) is 0 Å². The molecule has 4 unspecified atom stereocenters. The van der Waals surface area contributed by atoms with E-state index in [1.54, 1.807) is 0 Å². The SMILES string of the molecule is CC1CCC(C(=O)N2CCC3(S(=O)(=O)c4ccc(F)cc4)c4ccc(C(F)(C(F)(F)F)C(F)(F)F)cc4OCC3C2)C1. The van der Waals surface area contributed by atoms with E-state index in [-0.39, 0.29) is 53.9 Å². The third-order valence-electron chi connectivity index (χ3n) is 8.87. The maximum atomic E-state index is 14.9. The molecule has 0 bridgehead atoms. The molecule has 0 spiro atoms. The van der Waals surface area contributed by atoms with Gasteiger partial charge in [-0.1, -0.05) is 19.1 Å². The van der Waals surface area contributed by atoms with Crippen LogP contribution in [0.25, 0.3) is 0 Å². The number of halogens is 8. The molecule has 0 aromatic heterocycles. The molecule has 3 aliphatic rings. The van der Waals surface area contributed by atoms with Crippen molar-refractivity contribution in [3.63, 3.8) is 0 Å². The average molecular weight is 626 g/mol. The van der Waals surface area contributed by atoms with Gasteiger partial charge in [0, 0.05) is 36.1 Å². The quantitative estimate of drug-likeness (QED) is 0.289. The molecule has 14 heteroatoms. The summed E-state index contributed by atoms with van der Waals surface area (Å²) in [5.74, 6) is -2.42. The Balaban J connectivity index is 1.63. The van der Waals surface area contributed by atoms with E-state index in [0.717, 1.165) is 36.8 Å². The summed E-state index contributed by atoms with van der Waals surface area (Å²) in [7, 11) is -4.52. The van der Waals surface area contributed by atoms with Gasteiger partial charge in [-0.05, 0) is 61.9 Å². The number of sulfone groups is 1. The summed E-state index contributed by atoms with van der Waals surface area (Å²) in [6.45, 7) is 1.36. The van der Waals surface area contributed by atoms with Crippen molar-refractivity contribution < 1.29 is 53.1 Å². The minimum Gasteiger partial charge on any atom is -0.493 e. The molecular formula is C28H27F8NO4S. The Kier molecular flexibility index (Phi) is 7.34. The van der Waals surface area contributed by atoms with Crippen LogP contribution < -0.4 is 4.74 Å². The first-order valence-corrected chi connectivity index (χ1v) is 14.8. The number of carbonyl (C=O) groups is 1. The van der Waals surface area contributed by atoms with E-state index in [1.807, 2.05) is 6.92 Å². The number of ether oxygens (including phenoxy) is 1. The number of alkyl halides is 7. The highest BCUT2D eigenvalue weighted by molar-refractivity contribution is 7.92. The Bertz CT molecular complexity index is 1460. The smallest absolute Gasteiger partial charge is 0.435 e. The summed E-state index contributed by atoms with van der Waals surface area (Å²) >= 11 is 0. The van der Waals surface area contributed by atoms with Crippen LogP contribution in [0.5, 0.6) is 5.75 Å². The van der Waals surface area contributed by atoms with Crippen molar-refractivity contribution in [3.8, 4) is 5.75 Å². The van der Waals surface area contributed by atoms with E-state index < -0.39 is 62.3 Å². The number of hydrogen-bond donors (Lipinski definition) is 0. The minimum atomic E-state index is -6.38. The topological polar surface area (TPSA) is 63.7 Å². The highest BCUT2D eigenvalue weighted by Gasteiger charge is 2.74. The van der Waals surface area contributed by atoms with Gasteiger partial charge in [-0.3, -0.25) is 4.79 Å². The van der Waals surface area contributed by atoms with Gasteiger partial charge < -0.3 is 9.64 Å². The Morgan fingerprint density at radius 1 is 0.976 bits per heavy atom. The van der Waals surface area contributed by atoms with Crippen LogP contribution in [0.4, 0.5) is 35.1 Å². The predicted molar refractivity (Wildman–Crippen MR) is 133 cm³/mol. The molecule has 5 rings (SSSR count). The fourth-order valence-electron chi connectivity index (χ4n) is 6.65. The van der Waals surface area contributed by atoms with Crippen molar-refractivity contribution >= 4 is 15.7 Å². The second-order valence-electron chi connectivity index (χ2n) is 11.4. The van der Waals surface area contributed by atoms with Gasteiger partial charge in [-0.25, -0.2) is 17.2 Å². The molecular weight excluding hydrogens is 598 g/mol. The molecule has 2 aromatic rings. The number of amides is 1. The molecule has 1 aliphatic carbocycles. The summed E-state index contributed by atoms with van der Waals surface area (Å²) in [5.41, 5.74) is -7.80. The molecule has 0 N–H and O–H groups in total. The standard InChI is InChI=1S/C28H27F8NO4S/c1-16-2-3-17(12-16)24(38)37-11-10-25(42(39,40)21-7-5-20(29)6-8-21)19(14-37)15-41-23-13-18(4-9-22(23)25)26(30,27(31,32)33)28(34,35)36/h4-9,13,16-17,19H,2-3,10-12,14-15H2,1H3. The van der Waals surface area contributed by atoms with E-state index in [9.17, 15) is 48.3 Å². The summed E-state index contributed by atoms with van der Waals surface area (Å²) in [5, 5.41) is 0. The van der Waals surface area contributed by atoms with Crippen LogP contribution >= 0.6 is 0 Å². The van der Waals surface area contributed by atoms with Gasteiger partial charge in [0.1, 0.15) is 16.3 Å². The zero-order valence-corrected chi connectivity index (χ0v) is 23.1. The van der Waals surface area contributed by atoms with Crippen molar-refractivity contribution in [3.05, 3.63) is 59.4 Å². The number of fused-ring (bicyclic) bond motifs is 3. The number of rotatable bonds is 4. The number of nitrogens with zero attached hydrogens (tertiary/aromatic N) is 1. The molecule has 0 radical (unpaired) electrons. The van der Waals surface area contributed by atoms with Gasteiger partial charge in [0.05, 0.1) is 11.5 Å². The predicted octanol–water partition coefficient (Wildman–Crippen LogP) is 6.46. The lowest BCUT2D eigenvalue weighted by atomic mass is 9.76. The molecule has 2 aromatic carbocycles. The van der Waals surface area contributed by atoms with E-state index in [4.69, 9.17) is 4.74 Å². The first-order chi connectivity index (χ1) is 19.4. The average Bonchev–Trinajstić information content (AvgIpc) is 3.36. The second kappa shape index (κ2) is 10.1. The second-order valence-corrected chi connectivity index (χ2v) is 13.6. The normalized spacial score (nSPS) is 26.8. The van der Waals surface area contributed by atoms with Crippen molar-refractivity contribution in [1.82, 2.24) is 4.90 Å². The van der Waals surface area contributed by atoms with Crippen LogP contribution in [0, 0.1) is 23.6 Å². The number of hydrogen-bond acceptors (Lipinski definition) is 4. The van der Waals surface area contributed by atoms with E-state index in [0.29, 0.717) is 18.8 Å². The van der Waals surface area contributed by atoms with Gasteiger partial charge in [0.2, 0.25) is 5.91 Å². The molecule has 5 nitrogen and oxygen atoms in total. The van der Waals surface area contributed by atoms with Crippen molar-refractivity contribution in [2.75, 3.05) is 19.7 Å². The lowest BCUT2D eigenvalue weighted by Gasteiger charge is -2.50. The Labute approximate surface area is 236 Å². The number of benzene rings is 2. The summed E-state index contributed by atoms with van der Waals surface area (Å²) in [4.78, 5) is 14.5. The highest BCUT2D eigenvalue weighted by Crippen LogP contribution is 2.57. The Morgan fingerprint density at radius 2 is 1.62 bits per heavy atom. The number of carbonyl (C=O) groups excluding carboxylic acids is 1. The van der Waals surface area contributed by atoms with Crippen LogP contribution in [0.1, 0.15) is 43.7 Å². The van der Waals surface area contributed by atoms with Gasteiger partial charge >= 0.3 is 18.0 Å². The molecule has 2 aliphatic heterocycles. The zero-order valence-electron chi connectivity index (χ0n) is 22.2. The van der Waals surface area contributed by atoms with Crippen molar-refractivity contribution in [2.24, 2.45) is 17.8 Å². The van der Waals surface area contributed by atoms with Gasteiger partial charge in [0.15, 0.2) is 9.84 Å². The fourth-order valence-corrected chi connectivity index (χ4v) is 8.96. The van der Waals surface area contributed by atoms with E-state index in [2.05, 4.69) is 0 Å². The van der Waals surface area contributed by atoms with Crippen molar-refractivity contribution in [2.45, 2.75) is 60.3 Å². The number of piperidine rings is 1. The van der Waals surface area contributed by atoms with Gasteiger partial charge in [-0.15, -0.1) is 0 Å². The summed E-state index contributed by atoms with van der Waals surface area (Å²) in [6.07, 6.45) is -10.8. The highest BCUT2D eigenvalue weighted by atomic mass is 32.2. The largest absolute Gasteiger partial charge is 0.493 e. The van der Waals surface area contributed by atoms with Crippen molar-refractivity contribution in [1.29, 1.82) is 0 Å². The molecule has 230 valence electrons. The lowest BCUT2D eigenvalue weighted by Crippen LogP contribution is -2.59. The van der Waals surface area contributed by atoms with E-state index >= 15 is 0 Å². The Morgan fingerprint density at radius 3 is 2.19 bits per heavy atom. The molecule has 2 heterocycles.